The maximum Gasteiger partial charge on any atom is 0.140 e. The monoisotopic (exact) mass is 280 g/mol. The Morgan fingerprint density at radius 2 is 2.38 bits per heavy atom. The van der Waals surface area contributed by atoms with Crippen LogP contribution in [0.15, 0.2) is 16.9 Å². The van der Waals surface area contributed by atoms with Crippen molar-refractivity contribution in [1.29, 1.82) is 5.26 Å². The van der Waals surface area contributed by atoms with Gasteiger partial charge < -0.3 is 4.74 Å². The van der Waals surface area contributed by atoms with Crippen molar-refractivity contribution in [3.8, 4) is 11.8 Å². The minimum atomic E-state index is -0.0866. The fourth-order valence-corrected chi connectivity index (χ4v) is 2.03. The molecule has 0 unspecified atom stereocenters. The summed E-state index contributed by atoms with van der Waals surface area (Å²) in [5.41, 5.74) is 0.972. The van der Waals surface area contributed by atoms with Crippen molar-refractivity contribution in [3.63, 3.8) is 0 Å². The standard InChI is InChI=1S/C12H13BrN2O/c1-9-6-11(13)15-7-10(9)16-5-4-12(8-14)2-3-12/h6-7H,2-5H2,1H3. The van der Waals surface area contributed by atoms with Crippen LogP contribution in [0.1, 0.15) is 24.8 Å². The Kier molecular flexibility index (Phi) is 3.15. The van der Waals surface area contributed by atoms with Crippen molar-refractivity contribution < 1.29 is 4.74 Å². The molecule has 2 rings (SSSR count). The van der Waals surface area contributed by atoms with Crippen molar-refractivity contribution in [2.75, 3.05) is 6.61 Å². The van der Waals surface area contributed by atoms with Crippen LogP contribution in [-0.4, -0.2) is 11.6 Å². The molecule has 0 atom stereocenters. The number of rotatable bonds is 4. The lowest BCUT2D eigenvalue weighted by Crippen LogP contribution is -2.06. The van der Waals surface area contributed by atoms with Gasteiger partial charge in [-0.2, -0.15) is 5.26 Å². The molecule has 1 aromatic rings. The van der Waals surface area contributed by atoms with E-state index in [9.17, 15) is 0 Å². The number of pyridine rings is 1. The van der Waals surface area contributed by atoms with E-state index in [0.29, 0.717) is 6.61 Å². The summed E-state index contributed by atoms with van der Waals surface area (Å²) in [6.45, 7) is 2.58. The third kappa shape index (κ3) is 2.53. The van der Waals surface area contributed by atoms with E-state index in [1.807, 2.05) is 13.0 Å². The van der Waals surface area contributed by atoms with Crippen LogP contribution in [0.2, 0.25) is 0 Å². The molecule has 0 spiro atoms. The van der Waals surface area contributed by atoms with Gasteiger partial charge in [-0.1, -0.05) is 0 Å². The Hall–Kier alpha value is -1.08. The molecule has 0 saturated heterocycles. The lowest BCUT2D eigenvalue weighted by Gasteiger charge is -2.10. The molecule has 0 amide bonds. The smallest absolute Gasteiger partial charge is 0.140 e. The van der Waals surface area contributed by atoms with Gasteiger partial charge in [-0.15, -0.1) is 0 Å². The Morgan fingerprint density at radius 1 is 1.62 bits per heavy atom. The molecule has 0 bridgehead atoms. The van der Waals surface area contributed by atoms with Gasteiger partial charge >= 0.3 is 0 Å². The molecule has 1 heterocycles. The molecule has 84 valence electrons. The van der Waals surface area contributed by atoms with Crippen LogP contribution in [-0.2, 0) is 0 Å². The molecular weight excluding hydrogens is 268 g/mol. The minimum Gasteiger partial charge on any atom is -0.492 e. The summed E-state index contributed by atoms with van der Waals surface area (Å²) in [7, 11) is 0. The fourth-order valence-electron chi connectivity index (χ4n) is 1.59. The number of ether oxygens (including phenoxy) is 1. The number of nitriles is 1. The second kappa shape index (κ2) is 4.42. The lowest BCUT2D eigenvalue weighted by atomic mass is 10.1. The van der Waals surface area contributed by atoms with Gasteiger partial charge in [0.2, 0.25) is 0 Å². The van der Waals surface area contributed by atoms with E-state index in [2.05, 4.69) is 27.0 Å². The number of halogens is 1. The summed E-state index contributed by atoms with van der Waals surface area (Å²) < 4.78 is 6.45. The van der Waals surface area contributed by atoms with Crippen molar-refractivity contribution in [1.82, 2.24) is 4.98 Å². The summed E-state index contributed by atoms with van der Waals surface area (Å²) in [5.74, 6) is 0.803. The highest BCUT2D eigenvalue weighted by Crippen LogP contribution is 2.47. The first kappa shape index (κ1) is 11.4. The summed E-state index contributed by atoms with van der Waals surface area (Å²) in [6, 6.07) is 4.28. The van der Waals surface area contributed by atoms with Crippen molar-refractivity contribution in [3.05, 3.63) is 22.4 Å². The molecule has 4 heteroatoms. The molecule has 0 N–H and O–H groups in total. The first-order valence-corrected chi connectivity index (χ1v) is 6.11. The Labute approximate surface area is 104 Å². The molecule has 1 fully saturated rings. The zero-order chi connectivity index (χ0) is 11.6. The molecule has 3 nitrogen and oxygen atoms in total. The van der Waals surface area contributed by atoms with Crippen LogP contribution in [0.4, 0.5) is 0 Å². The highest BCUT2D eigenvalue weighted by atomic mass is 79.9. The van der Waals surface area contributed by atoms with Crippen molar-refractivity contribution in [2.45, 2.75) is 26.2 Å². The Morgan fingerprint density at radius 3 is 2.94 bits per heavy atom. The second-order valence-electron chi connectivity index (χ2n) is 4.26. The van der Waals surface area contributed by atoms with Gasteiger partial charge in [0.1, 0.15) is 10.4 Å². The quantitative estimate of drug-likeness (QED) is 0.796. The van der Waals surface area contributed by atoms with E-state index < -0.39 is 0 Å². The molecule has 0 aliphatic heterocycles. The predicted octanol–water partition coefficient (Wildman–Crippen LogP) is 3.23. The number of aryl methyl sites for hydroxylation is 1. The van der Waals surface area contributed by atoms with Crippen LogP contribution < -0.4 is 4.74 Å². The predicted molar refractivity (Wildman–Crippen MR) is 64.1 cm³/mol. The molecule has 1 aliphatic rings. The zero-order valence-corrected chi connectivity index (χ0v) is 10.7. The van der Waals surface area contributed by atoms with E-state index >= 15 is 0 Å². The summed E-state index contributed by atoms with van der Waals surface area (Å²) in [5, 5.41) is 8.92. The number of hydrogen-bond donors (Lipinski definition) is 0. The van der Waals surface area contributed by atoms with E-state index in [0.717, 1.165) is 35.2 Å². The number of nitrogens with zero attached hydrogens (tertiary/aromatic N) is 2. The van der Waals surface area contributed by atoms with Crippen LogP contribution in [0.3, 0.4) is 0 Å². The van der Waals surface area contributed by atoms with Gasteiger partial charge in [-0.3, -0.25) is 0 Å². The SMILES string of the molecule is Cc1cc(Br)ncc1OCCC1(C#N)CC1. The largest absolute Gasteiger partial charge is 0.492 e. The maximum atomic E-state index is 8.92. The van der Waals surface area contributed by atoms with Gasteiger partial charge in [0.15, 0.2) is 0 Å². The minimum absolute atomic E-state index is 0.0866. The highest BCUT2D eigenvalue weighted by molar-refractivity contribution is 9.10. The molecule has 1 saturated carbocycles. The van der Waals surface area contributed by atoms with Gasteiger partial charge in [0, 0.05) is 6.42 Å². The zero-order valence-electron chi connectivity index (χ0n) is 9.16. The number of aromatic nitrogens is 1. The third-order valence-corrected chi connectivity index (χ3v) is 3.39. The lowest BCUT2D eigenvalue weighted by molar-refractivity contribution is 0.285. The normalized spacial score (nSPS) is 16.6. The first-order chi connectivity index (χ1) is 7.65. The topological polar surface area (TPSA) is 45.9 Å². The Bertz CT molecular complexity index is 435. The van der Waals surface area contributed by atoms with Gasteiger partial charge in [0.05, 0.1) is 24.3 Å². The second-order valence-corrected chi connectivity index (χ2v) is 5.08. The molecule has 1 aromatic heterocycles. The fraction of sp³-hybridized carbons (Fsp3) is 0.500. The van der Waals surface area contributed by atoms with Crippen LogP contribution in [0.5, 0.6) is 5.75 Å². The van der Waals surface area contributed by atoms with Gasteiger partial charge in [-0.05, 0) is 47.3 Å². The van der Waals surface area contributed by atoms with E-state index in [1.165, 1.54) is 0 Å². The number of hydrogen-bond acceptors (Lipinski definition) is 3. The first-order valence-electron chi connectivity index (χ1n) is 5.31. The van der Waals surface area contributed by atoms with Gasteiger partial charge in [0.25, 0.3) is 0 Å². The highest BCUT2D eigenvalue weighted by Gasteiger charge is 2.42. The third-order valence-electron chi connectivity index (χ3n) is 2.96. The Balaban J connectivity index is 1.88. The van der Waals surface area contributed by atoms with Crippen molar-refractivity contribution >= 4 is 15.9 Å². The van der Waals surface area contributed by atoms with Crippen LogP contribution in [0, 0.1) is 23.7 Å². The van der Waals surface area contributed by atoms with Gasteiger partial charge in [-0.25, -0.2) is 4.98 Å². The molecule has 0 aromatic carbocycles. The summed E-state index contributed by atoms with van der Waals surface area (Å²) >= 11 is 3.31. The summed E-state index contributed by atoms with van der Waals surface area (Å²) in [4.78, 5) is 4.12. The molecular formula is C12H13BrN2O. The average molecular weight is 281 g/mol. The van der Waals surface area contributed by atoms with E-state index in [1.54, 1.807) is 6.20 Å². The molecule has 0 radical (unpaired) electrons. The van der Waals surface area contributed by atoms with E-state index in [-0.39, 0.29) is 5.41 Å². The summed E-state index contributed by atoms with van der Waals surface area (Å²) in [6.07, 6.45) is 4.57. The molecule has 16 heavy (non-hydrogen) atoms. The van der Waals surface area contributed by atoms with Crippen LogP contribution >= 0.6 is 15.9 Å². The molecule has 1 aliphatic carbocycles. The maximum absolute atomic E-state index is 8.92. The average Bonchev–Trinajstić information content (AvgIpc) is 3.02. The van der Waals surface area contributed by atoms with Crippen molar-refractivity contribution in [2.24, 2.45) is 5.41 Å². The van der Waals surface area contributed by atoms with Crippen LogP contribution in [0.25, 0.3) is 0 Å². The van der Waals surface area contributed by atoms with E-state index in [4.69, 9.17) is 10.00 Å².